The van der Waals surface area contributed by atoms with Crippen molar-refractivity contribution in [3.05, 3.63) is 40.2 Å². The van der Waals surface area contributed by atoms with Crippen molar-refractivity contribution in [1.82, 2.24) is 4.57 Å². The van der Waals surface area contributed by atoms with E-state index in [1.54, 1.807) is 23.7 Å². The van der Waals surface area contributed by atoms with E-state index in [9.17, 15) is 9.59 Å². The molecule has 0 aliphatic heterocycles. The molecular weight excluding hydrogens is 252 g/mol. The number of amides is 1. The fourth-order valence-corrected chi connectivity index (χ4v) is 1.96. The molecule has 0 bridgehead atoms. The number of benzene rings is 1. The average molecular weight is 265 g/mol. The van der Waals surface area contributed by atoms with Crippen molar-refractivity contribution in [2.45, 2.75) is 6.92 Å². The first-order valence-corrected chi connectivity index (χ1v) is 6.02. The standard InChI is InChI=1S/C13H13ClN2O2/c1-8-5-13(18)16(2)11-4-3-9(6-10(8)11)15-12(17)7-14/h3-6H,7H2,1-2H3,(H,15,17). The summed E-state index contributed by atoms with van der Waals surface area (Å²) in [7, 11) is 1.72. The number of nitrogens with one attached hydrogen (secondary N) is 1. The van der Waals surface area contributed by atoms with Gasteiger partial charge in [0.15, 0.2) is 0 Å². The molecule has 0 saturated carbocycles. The molecule has 18 heavy (non-hydrogen) atoms. The van der Waals surface area contributed by atoms with E-state index in [0.717, 1.165) is 16.5 Å². The Bertz CT molecular complexity index is 676. The number of fused-ring (bicyclic) bond motifs is 1. The van der Waals surface area contributed by atoms with Gasteiger partial charge in [0.25, 0.3) is 5.56 Å². The summed E-state index contributed by atoms with van der Waals surface area (Å²) < 4.78 is 1.58. The van der Waals surface area contributed by atoms with Crippen LogP contribution < -0.4 is 10.9 Å². The minimum Gasteiger partial charge on any atom is -0.325 e. The number of aryl methyl sites for hydroxylation is 2. The number of carbonyl (C=O) groups is 1. The lowest BCUT2D eigenvalue weighted by atomic mass is 10.1. The Morgan fingerprint density at radius 2 is 2.11 bits per heavy atom. The smallest absolute Gasteiger partial charge is 0.251 e. The first-order chi connectivity index (χ1) is 8.52. The molecule has 0 unspecified atom stereocenters. The van der Waals surface area contributed by atoms with Crippen LogP contribution in [-0.4, -0.2) is 16.4 Å². The maximum atomic E-state index is 11.6. The summed E-state index contributed by atoms with van der Waals surface area (Å²) in [5.41, 5.74) is 2.35. The second-order valence-electron chi connectivity index (χ2n) is 4.14. The van der Waals surface area contributed by atoms with Gasteiger partial charge < -0.3 is 9.88 Å². The maximum Gasteiger partial charge on any atom is 0.251 e. The number of rotatable bonds is 2. The van der Waals surface area contributed by atoms with Gasteiger partial charge in [-0.15, -0.1) is 11.6 Å². The molecule has 1 aromatic heterocycles. The van der Waals surface area contributed by atoms with E-state index < -0.39 is 0 Å². The number of hydrogen-bond donors (Lipinski definition) is 1. The fourth-order valence-electron chi connectivity index (χ4n) is 1.90. The van der Waals surface area contributed by atoms with Crippen molar-refractivity contribution < 1.29 is 4.79 Å². The van der Waals surface area contributed by atoms with E-state index in [0.29, 0.717) is 5.69 Å². The van der Waals surface area contributed by atoms with Crippen LogP contribution in [-0.2, 0) is 11.8 Å². The van der Waals surface area contributed by atoms with Gasteiger partial charge in [0.05, 0.1) is 5.52 Å². The Morgan fingerprint density at radius 1 is 1.39 bits per heavy atom. The van der Waals surface area contributed by atoms with Crippen LogP contribution in [0.5, 0.6) is 0 Å². The van der Waals surface area contributed by atoms with Crippen molar-refractivity contribution >= 4 is 34.1 Å². The number of pyridine rings is 1. The van der Waals surface area contributed by atoms with Crippen molar-refractivity contribution in [3.63, 3.8) is 0 Å². The number of anilines is 1. The maximum absolute atomic E-state index is 11.6. The van der Waals surface area contributed by atoms with Crippen LogP contribution in [0.1, 0.15) is 5.56 Å². The Labute approximate surface area is 109 Å². The van der Waals surface area contributed by atoms with Crippen LogP contribution in [0.4, 0.5) is 5.69 Å². The van der Waals surface area contributed by atoms with Gasteiger partial charge in [-0.3, -0.25) is 9.59 Å². The van der Waals surface area contributed by atoms with Crippen molar-refractivity contribution in [2.75, 3.05) is 11.2 Å². The molecule has 0 radical (unpaired) electrons. The second-order valence-corrected chi connectivity index (χ2v) is 4.41. The first-order valence-electron chi connectivity index (χ1n) is 5.49. The van der Waals surface area contributed by atoms with E-state index in [1.165, 1.54) is 0 Å². The van der Waals surface area contributed by atoms with Crippen LogP contribution in [0.2, 0.25) is 0 Å². The Morgan fingerprint density at radius 3 is 2.78 bits per heavy atom. The molecule has 1 aromatic carbocycles. The van der Waals surface area contributed by atoms with Crippen LogP contribution in [0.3, 0.4) is 0 Å². The van der Waals surface area contributed by atoms with Crippen molar-refractivity contribution in [2.24, 2.45) is 7.05 Å². The normalized spacial score (nSPS) is 10.6. The minimum absolute atomic E-state index is 0.0439. The lowest BCUT2D eigenvalue weighted by Crippen LogP contribution is -2.17. The number of hydrogen-bond acceptors (Lipinski definition) is 2. The zero-order valence-electron chi connectivity index (χ0n) is 10.2. The molecule has 0 aliphatic rings. The van der Waals surface area contributed by atoms with Gasteiger partial charge in [0.1, 0.15) is 5.88 Å². The third-order valence-corrected chi connectivity index (χ3v) is 3.10. The van der Waals surface area contributed by atoms with Gasteiger partial charge in [0, 0.05) is 24.2 Å². The average Bonchev–Trinajstić information content (AvgIpc) is 2.36. The first kappa shape index (κ1) is 12.6. The van der Waals surface area contributed by atoms with E-state index in [4.69, 9.17) is 11.6 Å². The van der Waals surface area contributed by atoms with E-state index in [1.807, 2.05) is 19.1 Å². The molecule has 0 fully saturated rings. The Balaban J connectivity index is 2.59. The summed E-state index contributed by atoms with van der Waals surface area (Å²) in [5.74, 6) is -0.330. The number of nitrogens with zero attached hydrogens (tertiary/aromatic N) is 1. The number of carbonyl (C=O) groups excluding carboxylic acids is 1. The van der Waals surface area contributed by atoms with Gasteiger partial charge in [-0.2, -0.15) is 0 Å². The predicted octanol–water partition coefficient (Wildman–Crippen LogP) is 2.02. The van der Waals surface area contributed by atoms with Gasteiger partial charge in [-0.05, 0) is 30.7 Å². The lowest BCUT2D eigenvalue weighted by Gasteiger charge is -2.10. The minimum atomic E-state index is -0.251. The molecule has 4 nitrogen and oxygen atoms in total. The molecule has 2 aromatic rings. The van der Waals surface area contributed by atoms with Gasteiger partial charge in [0.2, 0.25) is 5.91 Å². The molecule has 1 heterocycles. The highest BCUT2D eigenvalue weighted by molar-refractivity contribution is 6.29. The fraction of sp³-hybridized carbons (Fsp3) is 0.231. The molecular formula is C13H13ClN2O2. The highest BCUT2D eigenvalue weighted by atomic mass is 35.5. The molecule has 0 spiro atoms. The predicted molar refractivity (Wildman–Crippen MR) is 73.3 cm³/mol. The number of halogens is 1. The monoisotopic (exact) mass is 264 g/mol. The second kappa shape index (κ2) is 4.82. The van der Waals surface area contributed by atoms with Crippen molar-refractivity contribution in [3.8, 4) is 0 Å². The summed E-state index contributed by atoms with van der Waals surface area (Å²) in [6.07, 6.45) is 0. The van der Waals surface area contributed by atoms with E-state index in [-0.39, 0.29) is 17.3 Å². The van der Waals surface area contributed by atoms with E-state index >= 15 is 0 Å². The zero-order chi connectivity index (χ0) is 13.3. The summed E-state index contributed by atoms with van der Waals surface area (Å²) >= 11 is 5.44. The Kier molecular flexibility index (Phi) is 3.39. The molecule has 0 saturated heterocycles. The summed E-state index contributed by atoms with van der Waals surface area (Å²) in [6, 6.07) is 6.99. The molecule has 5 heteroatoms. The molecule has 1 amide bonds. The zero-order valence-corrected chi connectivity index (χ0v) is 10.9. The van der Waals surface area contributed by atoms with Crippen LogP contribution >= 0.6 is 11.6 Å². The SMILES string of the molecule is Cc1cc(=O)n(C)c2ccc(NC(=O)CCl)cc12. The van der Waals surface area contributed by atoms with Crippen LogP contribution in [0, 0.1) is 6.92 Å². The molecule has 94 valence electrons. The molecule has 1 N–H and O–H groups in total. The third-order valence-electron chi connectivity index (χ3n) is 2.86. The molecule has 0 atom stereocenters. The van der Waals surface area contributed by atoms with Gasteiger partial charge >= 0.3 is 0 Å². The Hall–Kier alpha value is -1.81. The number of aromatic nitrogens is 1. The highest BCUT2D eigenvalue weighted by Crippen LogP contribution is 2.20. The van der Waals surface area contributed by atoms with Gasteiger partial charge in [-0.25, -0.2) is 0 Å². The van der Waals surface area contributed by atoms with Crippen LogP contribution in [0.15, 0.2) is 29.1 Å². The van der Waals surface area contributed by atoms with E-state index in [2.05, 4.69) is 5.32 Å². The summed E-state index contributed by atoms with van der Waals surface area (Å²) in [6.45, 7) is 1.87. The number of alkyl halides is 1. The largest absolute Gasteiger partial charge is 0.325 e. The summed E-state index contributed by atoms with van der Waals surface area (Å²) in [5, 5.41) is 3.62. The molecule has 0 aliphatic carbocycles. The summed E-state index contributed by atoms with van der Waals surface area (Å²) in [4.78, 5) is 22.9. The van der Waals surface area contributed by atoms with Crippen LogP contribution in [0.25, 0.3) is 10.9 Å². The lowest BCUT2D eigenvalue weighted by molar-refractivity contribution is -0.113. The van der Waals surface area contributed by atoms with Gasteiger partial charge in [-0.1, -0.05) is 0 Å². The molecule has 2 rings (SSSR count). The third kappa shape index (κ3) is 2.24. The topological polar surface area (TPSA) is 51.1 Å². The quantitative estimate of drug-likeness (QED) is 0.844. The van der Waals surface area contributed by atoms with Crippen molar-refractivity contribution in [1.29, 1.82) is 0 Å². The highest BCUT2D eigenvalue weighted by Gasteiger charge is 2.06.